The lowest BCUT2D eigenvalue weighted by Crippen LogP contribution is -2.57. The van der Waals surface area contributed by atoms with Gasteiger partial charge in [-0.05, 0) is 30.2 Å². The lowest BCUT2D eigenvalue weighted by molar-refractivity contribution is -0.384. The number of nitrogens with zero attached hydrogens (tertiary/aromatic N) is 4. The predicted octanol–water partition coefficient (Wildman–Crippen LogP) is 3.42. The van der Waals surface area contributed by atoms with E-state index in [9.17, 15) is 34.4 Å². The summed E-state index contributed by atoms with van der Waals surface area (Å²) in [6.45, 7) is 1.63. The number of aliphatic carboxylic acids is 1. The minimum atomic E-state index is -2.00. The highest BCUT2D eigenvalue weighted by Gasteiger charge is 2.68. The highest BCUT2D eigenvalue weighted by molar-refractivity contribution is 6.09. The normalized spacial score (nSPS) is 22.5. The van der Waals surface area contributed by atoms with Crippen LogP contribution in [-0.2, 0) is 27.9 Å². The average Bonchev–Trinajstić information content (AvgIpc) is 3.60. The summed E-state index contributed by atoms with van der Waals surface area (Å²) < 4.78 is 3.09. The summed E-state index contributed by atoms with van der Waals surface area (Å²) >= 11 is 0. The number of carbonyl (C=O) groups is 3. The Morgan fingerprint density at radius 2 is 1.61 bits per heavy atom. The second kappa shape index (κ2) is 11.7. The van der Waals surface area contributed by atoms with Gasteiger partial charge < -0.3 is 5.11 Å². The molecule has 0 radical (unpaired) electrons. The van der Waals surface area contributed by atoms with Crippen LogP contribution >= 0.6 is 0 Å². The first-order chi connectivity index (χ1) is 22.0. The molecule has 12 heteroatoms. The standard InChI is InChI=1S/C34H31N5O7/c1-21-26(31(41)38(36(21)2)24-13-7-4-8-14-24)29-27-28(32(42)37(30(27)40)19-9-12-22-10-5-3-6-11-22)34(35-29,33(43)44)20-23-15-17-25(18-16-23)39(45)46/h3-18,27-29,35H,19-20H2,1-2H3,(H,43,44). The first-order valence-electron chi connectivity index (χ1n) is 14.7. The number of amides is 2. The van der Waals surface area contributed by atoms with Crippen molar-refractivity contribution in [3.8, 4) is 5.69 Å². The third-order valence-electron chi connectivity index (χ3n) is 9.06. The van der Waals surface area contributed by atoms with E-state index in [0.717, 1.165) is 10.5 Å². The third kappa shape index (κ3) is 4.92. The second-order valence-electron chi connectivity index (χ2n) is 11.6. The molecule has 0 spiro atoms. The number of hydrogen-bond acceptors (Lipinski definition) is 7. The van der Waals surface area contributed by atoms with E-state index in [4.69, 9.17) is 0 Å². The van der Waals surface area contributed by atoms with Crippen LogP contribution in [0.3, 0.4) is 0 Å². The van der Waals surface area contributed by atoms with Crippen LogP contribution in [0.4, 0.5) is 5.69 Å². The van der Waals surface area contributed by atoms with Crippen LogP contribution < -0.4 is 10.9 Å². The molecule has 3 aromatic carbocycles. The smallest absolute Gasteiger partial charge is 0.325 e. The molecular weight excluding hydrogens is 590 g/mol. The van der Waals surface area contributed by atoms with Crippen LogP contribution in [0.2, 0.25) is 0 Å². The van der Waals surface area contributed by atoms with Crippen LogP contribution in [0.25, 0.3) is 11.8 Å². The zero-order valence-corrected chi connectivity index (χ0v) is 25.1. The summed E-state index contributed by atoms with van der Waals surface area (Å²) in [5, 5.41) is 25.2. The van der Waals surface area contributed by atoms with E-state index in [1.54, 1.807) is 55.1 Å². The van der Waals surface area contributed by atoms with Crippen molar-refractivity contribution in [3.63, 3.8) is 0 Å². The number of rotatable bonds is 9. The number of carbonyl (C=O) groups excluding carboxylic acids is 2. The fourth-order valence-electron chi connectivity index (χ4n) is 6.79. The molecule has 2 fully saturated rings. The maximum atomic E-state index is 14.1. The fraction of sp³-hybridized carbons (Fsp3) is 0.235. The molecule has 0 saturated carbocycles. The molecule has 12 nitrogen and oxygen atoms in total. The molecule has 2 amide bonds. The summed E-state index contributed by atoms with van der Waals surface area (Å²) in [7, 11) is 1.70. The molecule has 2 N–H and O–H groups in total. The summed E-state index contributed by atoms with van der Waals surface area (Å²) in [6, 6.07) is 22.5. The summed E-state index contributed by atoms with van der Waals surface area (Å²) in [5.41, 5.74) is -0.0664. The van der Waals surface area contributed by atoms with E-state index in [0.29, 0.717) is 16.9 Å². The van der Waals surface area contributed by atoms with Gasteiger partial charge in [0.15, 0.2) is 0 Å². The number of benzene rings is 3. The Morgan fingerprint density at radius 3 is 2.22 bits per heavy atom. The van der Waals surface area contributed by atoms with Gasteiger partial charge in [0, 0.05) is 37.8 Å². The number of fused-ring (bicyclic) bond motifs is 1. The molecule has 234 valence electrons. The van der Waals surface area contributed by atoms with E-state index >= 15 is 0 Å². The number of nitro benzene ring substituents is 1. The van der Waals surface area contributed by atoms with Crippen LogP contribution in [0, 0.1) is 28.9 Å². The van der Waals surface area contributed by atoms with Gasteiger partial charge in [-0.2, -0.15) is 0 Å². The van der Waals surface area contributed by atoms with Gasteiger partial charge in [0.05, 0.1) is 34.1 Å². The molecule has 1 aromatic heterocycles. The van der Waals surface area contributed by atoms with Crippen molar-refractivity contribution in [3.05, 3.63) is 134 Å². The highest BCUT2D eigenvalue weighted by Crippen LogP contribution is 2.50. The highest BCUT2D eigenvalue weighted by atomic mass is 16.6. The van der Waals surface area contributed by atoms with Crippen molar-refractivity contribution in [1.82, 2.24) is 19.6 Å². The van der Waals surface area contributed by atoms with Gasteiger partial charge >= 0.3 is 5.97 Å². The summed E-state index contributed by atoms with van der Waals surface area (Å²) in [4.78, 5) is 67.4. The van der Waals surface area contributed by atoms with Crippen LogP contribution in [0.15, 0.2) is 95.8 Å². The zero-order valence-electron chi connectivity index (χ0n) is 25.1. The summed E-state index contributed by atoms with van der Waals surface area (Å²) in [6.07, 6.45) is 3.18. The molecule has 46 heavy (non-hydrogen) atoms. The lowest BCUT2D eigenvalue weighted by Gasteiger charge is -2.31. The minimum Gasteiger partial charge on any atom is -0.480 e. The van der Waals surface area contributed by atoms with Crippen LogP contribution in [0.1, 0.15) is 28.4 Å². The first kappa shape index (κ1) is 30.4. The van der Waals surface area contributed by atoms with Crippen LogP contribution in [0.5, 0.6) is 0 Å². The van der Waals surface area contributed by atoms with Crippen molar-refractivity contribution in [1.29, 1.82) is 0 Å². The van der Waals surface area contributed by atoms with Gasteiger partial charge in [0.2, 0.25) is 11.8 Å². The summed E-state index contributed by atoms with van der Waals surface area (Å²) in [5.74, 6) is -5.16. The van der Waals surface area contributed by atoms with E-state index in [-0.39, 0.29) is 24.2 Å². The molecule has 4 atom stereocenters. The van der Waals surface area contributed by atoms with E-state index in [2.05, 4.69) is 5.32 Å². The Labute approximate surface area is 263 Å². The predicted molar refractivity (Wildman–Crippen MR) is 168 cm³/mol. The number of carboxylic acid groups (broad SMARTS) is 1. The molecule has 4 aromatic rings. The number of likely N-dealkylation sites (tertiary alicyclic amines) is 1. The van der Waals surface area contributed by atoms with Gasteiger partial charge in [-0.15, -0.1) is 0 Å². The number of hydrogen-bond donors (Lipinski definition) is 2. The van der Waals surface area contributed by atoms with Gasteiger partial charge in [-0.25, -0.2) is 4.68 Å². The van der Waals surface area contributed by atoms with Gasteiger partial charge in [-0.1, -0.05) is 72.8 Å². The molecule has 6 rings (SSSR count). The quantitative estimate of drug-likeness (QED) is 0.164. The average molecular weight is 622 g/mol. The molecule has 2 aliphatic rings. The van der Waals surface area contributed by atoms with E-state index in [1.807, 2.05) is 36.4 Å². The van der Waals surface area contributed by atoms with E-state index in [1.165, 1.54) is 28.9 Å². The van der Waals surface area contributed by atoms with Crippen molar-refractivity contribution in [2.45, 2.75) is 24.9 Å². The number of para-hydroxylation sites is 1. The topological polar surface area (TPSA) is 157 Å². The lowest BCUT2D eigenvalue weighted by atomic mass is 9.76. The largest absolute Gasteiger partial charge is 0.480 e. The van der Waals surface area contributed by atoms with Crippen LogP contribution in [-0.4, -0.2) is 54.2 Å². The minimum absolute atomic E-state index is 0.0818. The fourth-order valence-corrected chi connectivity index (χ4v) is 6.79. The Hall–Kier alpha value is -5.62. The Morgan fingerprint density at radius 1 is 0.978 bits per heavy atom. The van der Waals surface area contributed by atoms with Crippen molar-refractivity contribution in [2.24, 2.45) is 18.9 Å². The molecular formula is C34H31N5O7. The van der Waals surface area contributed by atoms with Gasteiger partial charge in [0.1, 0.15) is 5.54 Å². The number of imide groups is 1. The Balaban J connectivity index is 1.46. The molecule has 0 bridgehead atoms. The maximum Gasteiger partial charge on any atom is 0.325 e. The SMILES string of the molecule is Cc1c(C2NC(Cc3ccc([N+](=O)[O-])cc3)(C(=O)O)C3C(=O)N(CC=Cc4ccccc4)C(=O)C23)c(=O)n(-c2ccccc2)n1C. The molecule has 0 aliphatic carbocycles. The molecule has 4 unspecified atom stereocenters. The van der Waals surface area contributed by atoms with Crippen molar-refractivity contribution >= 4 is 29.5 Å². The first-order valence-corrected chi connectivity index (χ1v) is 14.7. The second-order valence-corrected chi connectivity index (χ2v) is 11.6. The zero-order chi connectivity index (χ0) is 32.7. The Kier molecular flexibility index (Phi) is 7.74. The number of non-ortho nitro benzene ring substituents is 1. The van der Waals surface area contributed by atoms with Gasteiger partial charge in [0.25, 0.3) is 11.2 Å². The number of nitrogens with one attached hydrogen (secondary N) is 1. The number of carboxylic acids is 1. The van der Waals surface area contributed by atoms with E-state index < -0.39 is 51.7 Å². The Bertz CT molecular complexity index is 1930. The molecule has 2 saturated heterocycles. The number of aromatic nitrogens is 2. The van der Waals surface area contributed by atoms with Gasteiger partial charge in [-0.3, -0.25) is 44.2 Å². The van der Waals surface area contributed by atoms with Crippen molar-refractivity contribution < 1.29 is 24.4 Å². The monoisotopic (exact) mass is 621 g/mol. The van der Waals surface area contributed by atoms with Crippen molar-refractivity contribution in [2.75, 3.05) is 6.54 Å². The molecule has 2 aliphatic heterocycles. The molecule has 3 heterocycles. The number of nitro groups is 1. The maximum absolute atomic E-state index is 14.1. The third-order valence-corrected chi connectivity index (χ3v) is 9.06.